The Labute approximate surface area is 120 Å². The maximum absolute atomic E-state index is 11.5. The Morgan fingerprint density at radius 1 is 1.55 bits per heavy atom. The number of unbranched alkanes of at least 4 members (excludes halogenated alkanes) is 1. The van der Waals surface area contributed by atoms with E-state index in [0.717, 1.165) is 12.8 Å². The summed E-state index contributed by atoms with van der Waals surface area (Å²) in [5, 5.41) is 8.29. The number of rotatable bonds is 7. The number of furan rings is 1. The summed E-state index contributed by atoms with van der Waals surface area (Å²) in [7, 11) is 0. The van der Waals surface area contributed by atoms with Crippen LogP contribution in [-0.4, -0.2) is 33.2 Å². The van der Waals surface area contributed by atoms with E-state index in [2.05, 4.69) is 10.2 Å². The first-order chi connectivity index (χ1) is 9.72. The van der Waals surface area contributed by atoms with Gasteiger partial charge in [0, 0.05) is 0 Å². The van der Waals surface area contributed by atoms with Crippen LogP contribution in [-0.2, 0) is 9.53 Å². The van der Waals surface area contributed by atoms with Crippen LogP contribution in [0.15, 0.2) is 28.0 Å². The van der Waals surface area contributed by atoms with Gasteiger partial charge in [-0.1, -0.05) is 25.1 Å². The van der Waals surface area contributed by atoms with E-state index in [9.17, 15) is 4.79 Å². The summed E-state index contributed by atoms with van der Waals surface area (Å²) in [5.74, 6) is 6.66. The fourth-order valence-corrected chi connectivity index (χ4v) is 2.10. The predicted octanol–water partition coefficient (Wildman–Crippen LogP) is 1.69. The summed E-state index contributed by atoms with van der Waals surface area (Å²) in [6.07, 6.45) is 3.39. The number of aromatic nitrogens is 3. The number of carbonyl (C=O) groups excluding carboxylic acids is 1. The van der Waals surface area contributed by atoms with Crippen molar-refractivity contribution in [2.75, 3.05) is 18.2 Å². The van der Waals surface area contributed by atoms with Crippen LogP contribution in [0.1, 0.15) is 19.8 Å². The SMILES string of the molecule is CCCCOC(=O)CSc1nnc(-c2ccco2)n1N. The maximum atomic E-state index is 11.5. The van der Waals surface area contributed by atoms with Crippen molar-refractivity contribution in [2.24, 2.45) is 0 Å². The highest BCUT2D eigenvalue weighted by atomic mass is 32.2. The van der Waals surface area contributed by atoms with Gasteiger partial charge in [-0.25, -0.2) is 4.68 Å². The van der Waals surface area contributed by atoms with Crippen LogP contribution in [0.5, 0.6) is 0 Å². The largest absolute Gasteiger partial charge is 0.465 e. The van der Waals surface area contributed by atoms with E-state index in [4.69, 9.17) is 15.0 Å². The van der Waals surface area contributed by atoms with Gasteiger partial charge in [-0.3, -0.25) is 4.79 Å². The Bertz CT molecular complexity index is 553. The zero-order valence-electron chi connectivity index (χ0n) is 11.1. The molecule has 0 aliphatic carbocycles. The molecule has 0 atom stereocenters. The minimum Gasteiger partial charge on any atom is -0.465 e. The highest BCUT2D eigenvalue weighted by Crippen LogP contribution is 2.21. The summed E-state index contributed by atoms with van der Waals surface area (Å²) in [5.41, 5.74) is 0. The molecule has 8 heteroatoms. The van der Waals surface area contributed by atoms with Crippen LogP contribution >= 0.6 is 11.8 Å². The molecule has 2 N–H and O–H groups in total. The molecule has 2 aromatic rings. The molecule has 0 unspecified atom stereocenters. The maximum Gasteiger partial charge on any atom is 0.316 e. The molecular weight excluding hydrogens is 280 g/mol. The zero-order valence-corrected chi connectivity index (χ0v) is 11.9. The summed E-state index contributed by atoms with van der Waals surface area (Å²) in [6.45, 7) is 2.48. The second kappa shape index (κ2) is 6.99. The number of nitrogens with two attached hydrogens (primary N) is 1. The number of hydrogen-bond donors (Lipinski definition) is 1. The first kappa shape index (κ1) is 14.4. The molecule has 0 aliphatic heterocycles. The number of esters is 1. The Hall–Kier alpha value is -1.96. The molecule has 20 heavy (non-hydrogen) atoms. The molecule has 0 aromatic carbocycles. The lowest BCUT2D eigenvalue weighted by Gasteiger charge is -2.03. The lowest BCUT2D eigenvalue weighted by atomic mass is 10.4. The van der Waals surface area contributed by atoms with E-state index >= 15 is 0 Å². The van der Waals surface area contributed by atoms with Crippen LogP contribution in [0.4, 0.5) is 0 Å². The van der Waals surface area contributed by atoms with Crippen molar-refractivity contribution in [3.05, 3.63) is 18.4 Å². The first-order valence-electron chi connectivity index (χ1n) is 6.25. The average molecular weight is 296 g/mol. The van der Waals surface area contributed by atoms with Gasteiger partial charge in [-0.05, 0) is 18.6 Å². The van der Waals surface area contributed by atoms with Crippen molar-refractivity contribution >= 4 is 17.7 Å². The molecule has 2 aromatic heterocycles. The first-order valence-corrected chi connectivity index (χ1v) is 7.23. The Kier molecular flexibility index (Phi) is 5.05. The lowest BCUT2D eigenvalue weighted by Crippen LogP contribution is -2.13. The van der Waals surface area contributed by atoms with Crippen molar-refractivity contribution in [1.29, 1.82) is 0 Å². The van der Waals surface area contributed by atoms with Crippen LogP contribution < -0.4 is 5.84 Å². The zero-order chi connectivity index (χ0) is 14.4. The third-order valence-electron chi connectivity index (χ3n) is 2.49. The molecule has 0 aliphatic rings. The van der Waals surface area contributed by atoms with Crippen LogP contribution in [0.25, 0.3) is 11.6 Å². The monoisotopic (exact) mass is 296 g/mol. The van der Waals surface area contributed by atoms with Crippen molar-refractivity contribution in [1.82, 2.24) is 14.9 Å². The van der Waals surface area contributed by atoms with Gasteiger partial charge in [-0.15, -0.1) is 10.2 Å². The molecular formula is C12H16N4O3S. The van der Waals surface area contributed by atoms with Gasteiger partial charge < -0.3 is 15.0 Å². The fourth-order valence-electron chi connectivity index (χ4n) is 1.44. The molecule has 0 radical (unpaired) electrons. The molecule has 0 saturated heterocycles. The standard InChI is InChI=1S/C12H16N4O3S/c1-2-3-6-19-10(17)8-20-12-15-14-11(16(12)13)9-5-4-7-18-9/h4-5,7H,2-3,6,8,13H2,1H3. The summed E-state index contributed by atoms with van der Waals surface area (Å²) in [6, 6.07) is 3.47. The van der Waals surface area contributed by atoms with Gasteiger partial charge in [-0.2, -0.15) is 0 Å². The summed E-state index contributed by atoms with van der Waals surface area (Å²) in [4.78, 5) is 11.5. The molecule has 0 bridgehead atoms. The van der Waals surface area contributed by atoms with E-state index in [1.165, 1.54) is 22.7 Å². The number of thioether (sulfide) groups is 1. The number of nitrogens with zero attached hydrogens (tertiary/aromatic N) is 3. The fraction of sp³-hybridized carbons (Fsp3) is 0.417. The Balaban J connectivity index is 1.89. The van der Waals surface area contributed by atoms with Crippen molar-refractivity contribution in [3.8, 4) is 11.6 Å². The van der Waals surface area contributed by atoms with Gasteiger partial charge in [0.05, 0.1) is 18.6 Å². The third kappa shape index (κ3) is 3.53. The minimum absolute atomic E-state index is 0.150. The average Bonchev–Trinajstić information content (AvgIpc) is 3.06. The van der Waals surface area contributed by atoms with Crippen molar-refractivity contribution in [3.63, 3.8) is 0 Å². The highest BCUT2D eigenvalue weighted by molar-refractivity contribution is 7.99. The molecule has 7 nitrogen and oxygen atoms in total. The molecule has 0 spiro atoms. The summed E-state index contributed by atoms with van der Waals surface area (Å²) >= 11 is 1.18. The van der Waals surface area contributed by atoms with E-state index in [-0.39, 0.29) is 11.7 Å². The smallest absolute Gasteiger partial charge is 0.316 e. The molecule has 2 rings (SSSR count). The highest BCUT2D eigenvalue weighted by Gasteiger charge is 2.15. The molecule has 108 valence electrons. The van der Waals surface area contributed by atoms with E-state index in [0.29, 0.717) is 23.3 Å². The molecule has 0 fully saturated rings. The van der Waals surface area contributed by atoms with E-state index < -0.39 is 0 Å². The lowest BCUT2D eigenvalue weighted by molar-refractivity contribution is -0.140. The van der Waals surface area contributed by atoms with Gasteiger partial charge in [0.1, 0.15) is 0 Å². The third-order valence-corrected chi connectivity index (χ3v) is 3.40. The number of nitrogen functional groups attached to an aromatic ring is 1. The number of carbonyl (C=O) groups is 1. The Morgan fingerprint density at radius 2 is 2.40 bits per heavy atom. The van der Waals surface area contributed by atoms with Gasteiger partial charge in [0.15, 0.2) is 5.76 Å². The summed E-state index contributed by atoms with van der Waals surface area (Å²) < 4.78 is 11.5. The van der Waals surface area contributed by atoms with E-state index in [1.54, 1.807) is 12.1 Å². The quantitative estimate of drug-likeness (QED) is 0.359. The van der Waals surface area contributed by atoms with Gasteiger partial charge in [0.25, 0.3) is 0 Å². The topological polar surface area (TPSA) is 96.2 Å². The second-order valence-electron chi connectivity index (χ2n) is 4.02. The van der Waals surface area contributed by atoms with Gasteiger partial charge >= 0.3 is 5.97 Å². The van der Waals surface area contributed by atoms with Crippen LogP contribution in [0.3, 0.4) is 0 Å². The Morgan fingerprint density at radius 3 is 3.10 bits per heavy atom. The second-order valence-corrected chi connectivity index (χ2v) is 4.96. The molecule has 0 amide bonds. The van der Waals surface area contributed by atoms with Crippen LogP contribution in [0, 0.1) is 0 Å². The van der Waals surface area contributed by atoms with Crippen molar-refractivity contribution < 1.29 is 13.9 Å². The molecule has 2 heterocycles. The van der Waals surface area contributed by atoms with E-state index in [1.807, 2.05) is 6.92 Å². The molecule has 0 saturated carbocycles. The van der Waals surface area contributed by atoms with Crippen LogP contribution in [0.2, 0.25) is 0 Å². The number of ether oxygens (including phenoxy) is 1. The normalized spacial score (nSPS) is 10.7. The van der Waals surface area contributed by atoms with Crippen molar-refractivity contribution in [2.45, 2.75) is 24.9 Å². The minimum atomic E-state index is -0.286. The number of hydrogen-bond acceptors (Lipinski definition) is 7. The van der Waals surface area contributed by atoms with Gasteiger partial charge in [0.2, 0.25) is 11.0 Å². The predicted molar refractivity (Wildman–Crippen MR) is 74.5 cm³/mol.